The molecule has 0 saturated carbocycles. The first-order valence-corrected chi connectivity index (χ1v) is 6.12. The molecule has 1 aliphatic rings. The van der Waals surface area contributed by atoms with Crippen molar-refractivity contribution in [2.75, 3.05) is 11.4 Å². The number of imide groups is 1. The number of carbonyl (C=O) groups is 2. The number of hydrogen-bond acceptors (Lipinski definition) is 3. The van der Waals surface area contributed by atoms with E-state index in [-0.39, 0.29) is 17.9 Å². The summed E-state index contributed by atoms with van der Waals surface area (Å²) in [5.74, 6) is -0.432. The lowest BCUT2D eigenvalue weighted by Gasteiger charge is -2.31. The van der Waals surface area contributed by atoms with Gasteiger partial charge in [0.15, 0.2) is 0 Å². The lowest BCUT2D eigenvalue weighted by molar-refractivity contribution is -0.123. The van der Waals surface area contributed by atoms with Crippen LogP contribution in [-0.2, 0) is 4.79 Å². The van der Waals surface area contributed by atoms with Gasteiger partial charge in [0.05, 0.1) is 11.6 Å². The minimum Gasteiger partial charge on any atom is -0.293 e. The summed E-state index contributed by atoms with van der Waals surface area (Å²) < 4.78 is 0. The van der Waals surface area contributed by atoms with Crippen LogP contribution in [0, 0.1) is 5.92 Å². The largest absolute Gasteiger partial charge is 0.328 e. The summed E-state index contributed by atoms with van der Waals surface area (Å²) in [6, 6.07) is 7.21. The Morgan fingerprint density at radius 1 is 1.32 bits per heavy atom. The van der Waals surface area contributed by atoms with Crippen LogP contribution in [0.5, 0.6) is 0 Å². The molecule has 0 spiro atoms. The Morgan fingerprint density at radius 2 is 2.16 bits per heavy atom. The predicted octanol–water partition coefficient (Wildman–Crippen LogP) is 1.93. The van der Waals surface area contributed by atoms with Gasteiger partial charge in [-0.05, 0) is 12.1 Å². The highest BCUT2D eigenvalue weighted by Crippen LogP contribution is 2.28. The number of amides is 3. The molecule has 96 valence electrons. The van der Waals surface area contributed by atoms with Gasteiger partial charge < -0.3 is 0 Å². The van der Waals surface area contributed by atoms with Crippen LogP contribution in [0.4, 0.5) is 10.5 Å². The van der Waals surface area contributed by atoms with E-state index in [1.807, 2.05) is 31.2 Å². The van der Waals surface area contributed by atoms with Crippen molar-refractivity contribution < 1.29 is 9.59 Å². The molecule has 3 amide bonds. The van der Waals surface area contributed by atoms with Crippen molar-refractivity contribution in [2.45, 2.75) is 6.92 Å². The zero-order valence-electron chi connectivity index (χ0n) is 10.5. The van der Waals surface area contributed by atoms with E-state index in [1.165, 1.54) is 0 Å². The van der Waals surface area contributed by atoms with Gasteiger partial charge in [0, 0.05) is 29.7 Å². The molecular weight excluding hydrogens is 242 g/mol. The molecule has 1 aliphatic heterocycles. The summed E-state index contributed by atoms with van der Waals surface area (Å²) in [5, 5.41) is 4.30. The Hall–Kier alpha value is -2.43. The van der Waals surface area contributed by atoms with Gasteiger partial charge >= 0.3 is 6.03 Å². The summed E-state index contributed by atoms with van der Waals surface area (Å²) in [5.41, 5.74) is 0.803. The Labute approximate surface area is 110 Å². The number of anilines is 1. The fourth-order valence-electron chi connectivity index (χ4n) is 2.28. The van der Waals surface area contributed by atoms with Crippen molar-refractivity contribution in [2.24, 2.45) is 5.92 Å². The molecule has 1 aromatic heterocycles. The molecule has 1 aromatic carbocycles. The Balaban J connectivity index is 2.09. The fraction of sp³-hybridized carbons (Fsp3) is 0.214. The predicted molar refractivity (Wildman–Crippen MR) is 71.8 cm³/mol. The topological polar surface area (TPSA) is 62.3 Å². The van der Waals surface area contributed by atoms with Gasteiger partial charge in [-0.3, -0.25) is 20.0 Å². The monoisotopic (exact) mass is 255 g/mol. The SMILES string of the molecule is CC1CN(c2cccc3cnccc23)C(=O)NC1=O. The van der Waals surface area contributed by atoms with Gasteiger partial charge in [0.2, 0.25) is 5.91 Å². The molecule has 2 aromatic rings. The second-order valence-electron chi connectivity index (χ2n) is 4.68. The number of carbonyl (C=O) groups excluding carboxylic acids is 2. The lowest BCUT2D eigenvalue weighted by Crippen LogP contribution is -2.54. The maximum Gasteiger partial charge on any atom is 0.328 e. The molecule has 19 heavy (non-hydrogen) atoms. The van der Waals surface area contributed by atoms with Gasteiger partial charge in [0.25, 0.3) is 0 Å². The fourth-order valence-corrected chi connectivity index (χ4v) is 2.28. The molecular formula is C14H13N3O2. The molecule has 1 N–H and O–H groups in total. The number of pyridine rings is 1. The number of rotatable bonds is 1. The highest BCUT2D eigenvalue weighted by atomic mass is 16.2. The molecule has 1 fully saturated rings. The van der Waals surface area contributed by atoms with E-state index in [2.05, 4.69) is 10.3 Å². The van der Waals surface area contributed by atoms with Crippen LogP contribution in [0.2, 0.25) is 0 Å². The lowest BCUT2D eigenvalue weighted by atomic mass is 10.1. The van der Waals surface area contributed by atoms with Crippen molar-refractivity contribution in [3.05, 3.63) is 36.7 Å². The third kappa shape index (κ3) is 1.93. The molecule has 5 heteroatoms. The summed E-state index contributed by atoms with van der Waals surface area (Å²) in [4.78, 5) is 29.1. The van der Waals surface area contributed by atoms with Crippen molar-refractivity contribution >= 4 is 28.4 Å². The Kier molecular flexibility index (Phi) is 2.67. The number of hydrogen-bond donors (Lipinski definition) is 1. The zero-order valence-corrected chi connectivity index (χ0v) is 10.5. The normalized spacial score (nSPS) is 19.6. The number of nitrogens with one attached hydrogen (secondary N) is 1. The summed E-state index contributed by atoms with van der Waals surface area (Å²) >= 11 is 0. The molecule has 3 rings (SSSR count). The van der Waals surface area contributed by atoms with Crippen LogP contribution < -0.4 is 10.2 Å². The van der Waals surface area contributed by atoms with Crippen molar-refractivity contribution in [3.8, 4) is 0 Å². The summed E-state index contributed by atoms with van der Waals surface area (Å²) in [7, 11) is 0. The standard InChI is InChI=1S/C14H13N3O2/c1-9-8-17(14(19)16-13(9)18)12-4-2-3-10-7-15-6-5-11(10)12/h2-7,9H,8H2,1H3,(H,16,18,19). The highest BCUT2D eigenvalue weighted by Gasteiger charge is 2.30. The van der Waals surface area contributed by atoms with E-state index in [9.17, 15) is 9.59 Å². The van der Waals surface area contributed by atoms with Gasteiger partial charge in [0.1, 0.15) is 0 Å². The van der Waals surface area contributed by atoms with E-state index >= 15 is 0 Å². The van der Waals surface area contributed by atoms with Gasteiger partial charge in [-0.1, -0.05) is 19.1 Å². The zero-order chi connectivity index (χ0) is 13.4. The average Bonchev–Trinajstić information content (AvgIpc) is 2.42. The molecule has 1 saturated heterocycles. The number of aromatic nitrogens is 1. The minimum absolute atomic E-state index is 0.213. The van der Waals surface area contributed by atoms with Crippen molar-refractivity contribution in [1.82, 2.24) is 10.3 Å². The third-order valence-corrected chi connectivity index (χ3v) is 3.33. The van der Waals surface area contributed by atoms with Gasteiger partial charge in [-0.15, -0.1) is 0 Å². The molecule has 2 heterocycles. The van der Waals surface area contributed by atoms with E-state index in [4.69, 9.17) is 0 Å². The van der Waals surface area contributed by atoms with Crippen LogP contribution in [0.15, 0.2) is 36.7 Å². The first-order valence-electron chi connectivity index (χ1n) is 6.12. The smallest absolute Gasteiger partial charge is 0.293 e. The Morgan fingerprint density at radius 3 is 3.00 bits per heavy atom. The number of benzene rings is 1. The van der Waals surface area contributed by atoms with E-state index in [0.29, 0.717) is 6.54 Å². The van der Waals surface area contributed by atoms with Crippen LogP contribution in [0.3, 0.4) is 0 Å². The van der Waals surface area contributed by atoms with Gasteiger partial charge in [-0.25, -0.2) is 4.79 Å². The molecule has 5 nitrogen and oxygen atoms in total. The van der Waals surface area contributed by atoms with Crippen molar-refractivity contribution in [1.29, 1.82) is 0 Å². The first-order chi connectivity index (χ1) is 9.16. The Bertz CT molecular complexity index is 663. The quantitative estimate of drug-likeness (QED) is 0.846. The van der Waals surface area contributed by atoms with E-state index in [0.717, 1.165) is 16.5 Å². The average molecular weight is 255 g/mol. The number of fused-ring (bicyclic) bond motifs is 1. The van der Waals surface area contributed by atoms with E-state index < -0.39 is 0 Å². The molecule has 1 atom stereocenters. The number of urea groups is 1. The highest BCUT2D eigenvalue weighted by molar-refractivity contribution is 6.10. The maximum atomic E-state index is 12.0. The minimum atomic E-state index is -0.368. The molecule has 1 unspecified atom stereocenters. The van der Waals surface area contributed by atoms with Crippen molar-refractivity contribution in [3.63, 3.8) is 0 Å². The maximum absolute atomic E-state index is 12.0. The molecule has 0 bridgehead atoms. The number of nitrogens with zero attached hydrogens (tertiary/aromatic N) is 2. The summed E-state index contributed by atoms with van der Waals surface area (Å²) in [6.45, 7) is 2.20. The second kappa shape index (κ2) is 4.35. The second-order valence-corrected chi connectivity index (χ2v) is 4.68. The molecule has 0 aliphatic carbocycles. The molecule has 0 radical (unpaired) electrons. The van der Waals surface area contributed by atoms with Crippen LogP contribution in [0.1, 0.15) is 6.92 Å². The van der Waals surface area contributed by atoms with Crippen LogP contribution in [0.25, 0.3) is 10.8 Å². The van der Waals surface area contributed by atoms with E-state index in [1.54, 1.807) is 17.3 Å². The van der Waals surface area contributed by atoms with Gasteiger partial charge in [-0.2, -0.15) is 0 Å². The third-order valence-electron chi connectivity index (χ3n) is 3.33. The van der Waals surface area contributed by atoms with Crippen LogP contribution in [-0.4, -0.2) is 23.5 Å². The summed E-state index contributed by atoms with van der Waals surface area (Å²) in [6.07, 6.45) is 3.46. The first kappa shape index (κ1) is 11.6. The van der Waals surface area contributed by atoms with Crippen LogP contribution >= 0.6 is 0 Å².